The Morgan fingerprint density at radius 3 is 2.62 bits per heavy atom. The second kappa shape index (κ2) is 6.32. The maximum atomic E-state index is 12.3. The van der Waals surface area contributed by atoms with Crippen LogP contribution in [0.25, 0.3) is 0 Å². The number of carbonyl (C=O) groups is 1. The van der Waals surface area contributed by atoms with Crippen LogP contribution in [0.2, 0.25) is 0 Å². The largest absolute Gasteiger partial charge is 0.486 e. The number of amides is 1. The Balaban J connectivity index is 1.63. The molecule has 2 aliphatic heterocycles. The monoisotopic (exact) mass is 292 g/mol. The van der Waals surface area contributed by atoms with Gasteiger partial charge in [0.15, 0.2) is 11.5 Å². The van der Waals surface area contributed by atoms with E-state index in [1.807, 2.05) is 19.1 Å². The molecule has 2 aliphatic rings. The molecule has 0 saturated carbocycles. The summed E-state index contributed by atoms with van der Waals surface area (Å²) in [6, 6.07) is 5.28. The lowest BCUT2D eigenvalue weighted by Crippen LogP contribution is -2.47. The van der Waals surface area contributed by atoms with E-state index in [2.05, 4.69) is 10.2 Å². The number of ether oxygens (including phenoxy) is 3. The van der Waals surface area contributed by atoms with Gasteiger partial charge in [-0.25, -0.2) is 0 Å². The zero-order valence-corrected chi connectivity index (χ0v) is 12.1. The summed E-state index contributed by atoms with van der Waals surface area (Å²) in [6.45, 7) is 5.95. The molecule has 0 unspecified atom stereocenters. The van der Waals surface area contributed by atoms with Crippen LogP contribution in [-0.4, -0.2) is 56.4 Å². The third-order valence-corrected chi connectivity index (χ3v) is 3.78. The average Bonchev–Trinajstić information content (AvgIpc) is 2.55. The van der Waals surface area contributed by atoms with Crippen molar-refractivity contribution in [3.05, 3.63) is 18.2 Å². The zero-order chi connectivity index (χ0) is 14.7. The highest BCUT2D eigenvalue weighted by molar-refractivity contribution is 5.94. The van der Waals surface area contributed by atoms with Crippen LogP contribution in [0.1, 0.15) is 6.92 Å². The van der Waals surface area contributed by atoms with Crippen LogP contribution in [0.4, 0.5) is 5.69 Å². The highest BCUT2D eigenvalue weighted by Gasteiger charge is 2.23. The first-order valence-electron chi connectivity index (χ1n) is 7.26. The molecule has 2 heterocycles. The molecule has 0 aromatic heterocycles. The number of carbonyl (C=O) groups excluding carboxylic acids is 1. The van der Waals surface area contributed by atoms with Crippen LogP contribution in [-0.2, 0) is 9.53 Å². The predicted octanol–water partition coefficient (Wildman–Crippen LogP) is 1.12. The third kappa shape index (κ3) is 3.28. The van der Waals surface area contributed by atoms with Crippen LogP contribution in [0.5, 0.6) is 11.5 Å². The molecule has 0 spiro atoms. The fourth-order valence-electron chi connectivity index (χ4n) is 2.50. The highest BCUT2D eigenvalue weighted by Crippen LogP contribution is 2.32. The second-order valence-electron chi connectivity index (χ2n) is 5.17. The van der Waals surface area contributed by atoms with Gasteiger partial charge in [-0.05, 0) is 19.1 Å². The Morgan fingerprint density at radius 2 is 1.86 bits per heavy atom. The van der Waals surface area contributed by atoms with Gasteiger partial charge in [-0.2, -0.15) is 0 Å². The summed E-state index contributed by atoms with van der Waals surface area (Å²) in [4.78, 5) is 14.4. The molecule has 1 aromatic rings. The van der Waals surface area contributed by atoms with Gasteiger partial charge >= 0.3 is 0 Å². The van der Waals surface area contributed by atoms with Gasteiger partial charge in [0.25, 0.3) is 0 Å². The van der Waals surface area contributed by atoms with Crippen LogP contribution >= 0.6 is 0 Å². The lowest BCUT2D eigenvalue weighted by atomic mass is 10.2. The number of fused-ring (bicyclic) bond motifs is 1. The third-order valence-electron chi connectivity index (χ3n) is 3.78. The smallest absolute Gasteiger partial charge is 0.241 e. The van der Waals surface area contributed by atoms with Gasteiger partial charge < -0.3 is 19.5 Å². The molecular weight excluding hydrogens is 272 g/mol. The zero-order valence-electron chi connectivity index (χ0n) is 12.1. The standard InChI is InChI=1S/C15H20N2O4/c1-11(17-4-6-19-7-5-17)15(18)16-12-2-3-13-14(10-12)21-9-8-20-13/h2-3,10-11H,4-9H2,1H3,(H,16,18)/t11-/m1/s1. The van der Waals surface area contributed by atoms with E-state index >= 15 is 0 Å². The molecule has 1 N–H and O–H groups in total. The Kier molecular flexibility index (Phi) is 4.26. The maximum absolute atomic E-state index is 12.3. The molecule has 1 fully saturated rings. The molecule has 21 heavy (non-hydrogen) atoms. The topological polar surface area (TPSA) is 60.0 Å². The van der Waals surface area contributed by atoms with Crippen molar-refractivity contribution in [3.63, 3.8) is 0 Å². The van der Waals surface area contributed by atoms with Crippen molar-refractivity contribution in [3.8, 4) is 11.5 Å². The SMILES string of the molecule is C[C@H](C(=O)Nc1ccc2c(c1)OCCO2)N1CCOCC1. The molecule has 6 nitrogen and oxygen atoms in total. The van der Waals surface area contributed by atoms with E-state index < -0.39 is 0 Å². The van der Waals surface area contributed by atoms with Gasteiger partial charge in [0.1, 0.15) is 13.2 Å². The normalized spacial score (nSPS) is 19.9. The second-order valence-corrected chi connectivity index (χ2v) is 5.17. The molecule has 1 amide bonds. The number of rotatable bonds is 3. The lowest BCUT2D eigenvalue weighted by molar-refractivity contribution is -0.122. The number of nitrogens with one attached hydrogen (secondary N) is 1. The van der Waals surface area contributed by atoms with Gasteiger partial charge in [0.2, 0.25) is 5.91 Å². The quantitative estimate of drug-likeness (QED) is 0.904. The summed E-state index contributed by atoms with van der Waals surface area (Å²) in [5.41, 5.74) is 0.726. The van der Waals surface area contributed by atoms with E-state index in [9.17, 15) is 4.79 Å². The number of morpholine rings is 1. The summed E-state index contributed by atoms with van der Waals surface area (Å²) < 4.78 is 16.3. The number of hydrogen-bond donors (Lipinski definition) is 1. The Labute approximate surface area is 124 Å². The first-order chi connectivity index (χ1) is 10.2. The van der Waals surface area contributed by atoms with Gasteiger partial charge in [0.05, 0.1) is 19.3 Å². The minimum atomic E-state index is -0.179. The minimum Gasteiger partial charge on any atom is -0.486 e. The molecule has 114 valence electrons. The molecule has 0 aliphatic carbocycles. The van der Waals surface area contributed by atoms with Crippen molar-refractivity contribution in [1.82, 2.24) is 4.90 Å². The molecule has 3 rings (SSSR count). The van der Waals surface area contributed by atoms with E-state index in [-0.39, 0.29) is 11.9 Å². The number of hydrogen-bond acceptors (Lipinski definition) is 5. The van der Waals surface area contributed by atoms with Crippen molar-refractivity contribution in [2.45, 2.75) is 13.0 Å². The maximum Gasteiger partial charge on any atom is 0.241 e. The van der Waals surface area contributed by atoms with Crippen molar-refractivity contribution >= 4 is 11.6 Å². The van der Waals surface area contributed by atoms with Crippen molar-refractivity contribution in [2.75, 3.05) is 44.8 Å². The van der Waals surface area contributed by atoms with Crippen molar-refractivity contribution in [2.24, 2.45) is 0 Å². The van der Waals surface area contributed by atoms with Gasteiger partial charge in [0, 0.05) is 24.8 Å². The summed E-state index contributed by atoms with van der Waals surface area (Å²) >= 11 is 0. The molecule has 1 saturated heterocycles. The Bertz CT molecular complexity index is 514. The van der Waals surface area contributed by atoms with E-state index in [1.165, 1.54) is 0 Å². The summed E-state index contributed by atoms with van der Waals surface area (Å²) in [5, 5.41) is 2.93. The number of nitrogens with zero attached hydrogens (tertiary/aromatic N) is 1. The first-order valence-corrected chi connectivity index (χ1v) is 7.26. The minimum absolute atomic E-state index is 0.0198. The first kappa shape index (κ1) is 14.2. The van der Waals surface area contributed by atoms with Crippen LogP contribution < -0.4 is 14.8 Å². The molecule has 1 atom stereocenters. The van der Waals surface area contributed by atoms with Gasteiger partial charge in [-0.15, -0.1) is 0 Å². The molecule has 0 radical (unpaired) electrons. The fourth-order valence-corrected chi connectivity index (χ4v) is 2.50. The Morgan fingerprint density at radius 1 is 1.14 bits per heavy atom. The predicted molar refractivity (Wildman–Crippen MR) is 77.9 cm³/mol. The molecule has 6 heteroatoms. The highest BCUT2D eigenvalue weighted by atomic mass is 16.6. The van der Waals surface area contributed by atoms with Crippen LogP contribution in [0.15, 0.2) is 18.2 Å². The summed E-state index contributed by atoms with van der Waals surface area (Å²) in [5.74, 6) is 1.38. The van der Waals surface area contributed by atoms with E-state index in [1.54, 1.807) is 6.07 Å². The van der Waals surface area contributed by atoms with E-state index in [4.69, 9.17) is 14.2 Å². The molecule has 0 bridgehead atoms. The van der Waals surface area contributed by atoms with Crippen molar-refractivity contribution < 1.29 is 19.0 Å². The Hall–Kier alpha value is -1.79. The molecular formula is C15H20N2O4. The van der Waals surface area contributed by atoms with Gasteiger partial charge in [-0.3, -0.25) is 9.69 Å². The van der Waals surface area contributed by atoms with Crippen LogP contribution in [0.3, 0.4) is 0 Å². The average molecular weight is 292 g/mol. The lowest BCUT2D eigenvalue weighted by Gasteiger charge is -2.31. The summed E-state index contributed by atoms with van der Waals surface area (Å²) in [6.07, 6.45) is 0. The number of benzene rings is 1. The number of anilines is 1. The van der Waals surface area contributed by atoms with Gasteiger partial charge in [-0.1, -0.05) is 0 Å². The fraction of sp³-hybridized carbons (Fsp3) is 0.533. The van der Waals surface area contributed by atoms with E-state index in [0.29, 0.717) is 32.2 Å². The van der Waals surface area contributed by atoms with Crippen LogP contribution in [0, 0.1) is 0 Å². The molecule has 1 aromatic carbocycles. The van der Waals surface area contributed by atoms with E-state index in [0.717, 1.165) is 24.5 Å². The van der Waals surface area contributed by atoms with Crippen molar-refractivity contribution in [1.29, 1.82) is 0 Å². The summed E-state index contributed by atoms with van der Waals surface area (Å²) in [7, 11) is 0.